The molecule has 150 valence electrons. The smallest absolute Gasteiger partial charge is 0.415 e. The van der Waals surface area contributed by atoms with Gasteiger partial charge in [-0.05, 0) is 65.8 Å². The van der Waals surface area contributed by atoms with Gasteiger partial charge in [-0.2, -0.15) is 0 Å². The SMILES string of the molecule is CC(C)(C)OC(=O)COc1ccc(N(CC(=O)O)C(=O)OC(C)(C)C)cc1. The first-order valence-electron chi connectivity index (χ1n) is 8.44. The van der Waals surface area contributed by atoms with Crippen LogP contribution in [0.2, 0.25) is 0 Å². The van der Waals surface area contributed by atoms with Crippen molar-refractivity contribution in [2.45, 2.75) is 52.7 Å². The molecule has 8 nitrogen and oxygen atoms in total. The van der Waals surface area contributed by atoms with Crippen LogP contribution in [-0.2, 0) is 19.1 Å². The van der Waals surface area contributed by atoms with Crippen molar-refractivity contribution in [3.63, 3.8) is 0 Å². The zero-order chi connectivity index (χ0) is 20.8. The highest BCUT2D eigenvalue weighted by Crippen LogP contribution is 2.22. The molecule has 0 bridgehead atoms. The average Bonchev–Trinajstić information content (AvgIpc) is 2.47. The monoisotopic (exact) mass is 381 g/mol. The second-order valence-corrected chi connectivity index (χ2v) is 7.83. The molecule has 0 saturated carbocycles. The molecule has 0 aliphatic rings. The number of rotatable bonds is 6. The average molecular weight is 381 g/mol. The van der Waals surface area contributed by atoms with Crippen molar-refractivity contribution in [3.05, 3.63) is 24.3 Å². The number of esters is 1. The summed E-state index contributed by atoms with van der Waals surface area (Å²) in [5, 5.41) is 9.06. The minimum Gasteiger partial charge on any atom is -0.482 e. The van der Waals surface area contributed by atoms with Crippen molar-refractivity contribution in [1.82, 2.24) is 0 Å². The molecule has 0 heterocycles. The maximum absolute atomic E-state index is 12.3. The number of carboxylic acid groups (broad SMARTS) is 1. The van der Waals surface area contributed by atoms with Crippen LogP contribution >= 0.6 is 0 Å². The normalized spacial score (nSPS) is 11.5. The molecule has 0 saturated heterocycles. The Bertz CT molecular complexity index is 669. The first kappa shape index (κ1) is 22.3. The van der Waals surface area contributed by atoms with Gasteiger partial charge in [0.1, 0.15) is 23.5 Å². The predicted molar refractivity (Wildman–Crippen MR) is 99.0 cm³/mol. The Morgan fingerprint density at radius 2 is 1.44 bits per heavy atom. The van der Waals surface area contributed by atoms with Crippen molar-refractivity contribution in [1.29, 1.82) is 0 Å². The van der Waals surface area contributed by atoms with Gasteiger partial charge in [-0.25, -0.2) is 9.59 Å². The number of carbonyl (C=O) groups is 3. The van der Waals surface area contributed by atoms with E-state index in [1.165, 1.54) is 24.3 Å². The highest BCUT2D eigenvalue weighted by Gasteiger charge is 2.25. The quantitative estimate of drug-likeness (QED) is 0.755. The van der Waals surface area contributed by atoms with Crippen LogP contribution in [0.1, 0.15) is 41.5 Å². The molecule has 27 heavy (non-hydrogen) atoms. The van der Waals surface area contributed by atoms with E-state index in [1.807, 2.05) is 0 Å². The Morgan fingerprint density at radius 3 is 1.89 bits per heavy atom. The summed E-state index contributed by atoms with van der Waals surface area (Å²) in [6.45, 7) is 9.54. The largest absolute Gasteiger partial charge is 0.482 e. The van der Waals surface area contributed by atoms with Crippen molar-refractivity contribution in [2.24, 2.45) is 0 Å². The summed E-state index contributed by atoms with van der Waals surface area (Å²) in [4.78, 5) is 36.0. The third-order valence-electron chi connectivity index (χ3n) is 2.83. The first-order valence-corrected chi connectivity index (χ1v) is 8.44. The molecule has 0 atom stereocenters. The standard InChI is InChI=1S/C19H27NO7/c1-18(2,3)26-16(23)12-25-14-9-7-13(8-10-14)20(11-15(21)22)17(24)27-19(4,5)6/h7-10H,11-12H2,1-6H3,(H,21,22). The maximum atomic E-state index is 12.3. The Hall–Kier alpha value is -2.77. The van der Waals surface area contributed by atoms with Gasteiger partial charge in [0.05, 0.1) is 0 Å². The summed E-state index contributed by atoms with van der Waals surface area (Å²) in [5.41, 5.74) is -1.03. The van der Waals surface area contributed by atoms with Crippen LogP contribution in [0.5, 0.6) is 5.75 Å². The molecule has 0 unspecified atom stereocenters. The van der Waals surface area contributed by atoms with E-state index in [9.17, 15) is 14.4 Å². The third-order valence-corrected chi connectivity index (χ3v) is 2.83. The van der Waals surface area contributed by atoms with Gasteiger partial charge in [-0.1, -0.05) is 0 Å². The van der Waals surface area contributed by atoms with Crippen molar-refractivity contribution in [3.8, 4) is 5.75 Å². The van der Waals surface area contributed by atoms with E-state index < -0.39 is 35.8 Å². The van der Waals surface area contributed by atoms with Crippen molar-refractivity contribution >= 4 is 23.7 Å². The molecule has 0 fully saturated rings. The van der Waals surface area contributed by atoms with Crippen molar-refractivity contribution < 1.29 is 33.7 Å². The predicted octanol–water partition coefficient (Wildman–Crippen LogP) is 3.23. The number of anilines is 1. The van der Waals surface area contributed by atoms with Crippen LogP contribution < -0.4 is 9.64 Å². The van der Waals surface area contributed by atoms with Gasteiger partial charge in [0.15, 0.2) is 6.61 Å². The zero-order valence-electron chi connectivity index (χ0n) is 16.6. The molecule has 1 amide bonds. The number of hydrogen-bond acceptors (Lipinski definition) is 6. The third kappa shape index (κ3) is 8.94. The van der Waals surface area contributed by atoms with Crippen LogP contribution in [0.3, 0.4) is 0 Å². The zero-order valence-corrected chi connectivity index (χ0v) is 16.6. The van der Waals surface area contributed by atoms with Gasteiger partial charge >= 0.3 is 18.0 Å². The number of ether oxygens (including phenoxy) is 3. The minimum atomic E-state index is -1.17. The summed E-state index contributed by atoms with van der Waals surface area (Å²) in [7, 11) is 0. The molecule has 0 aliphatic carbocycles. The first-order chi connectivity index (χ1) is 12.3. The number of carbonyl (C=O) groups excluding carboxylic acids is 2. The molecule has 1 rings (SSSR count). The van der Waals surface area contributed by atoms with E-state index in [0.29, 0.717) is 11.4 Å². The second kappa shape index (κ2) is 8.75. The Balaban J connectivity index is 2.81. The molecule has 1 aromatic carbocycles. The minimum absolute atomic E-state index is 0.262. The van der Waals surface area contributed by atoms with Crippen molar-refractivity contribution in [2.75, 3.05) is 18.1 Å². The lowest BCUT2D eigenvalue weighted by atomic mass is 10.2. The van der Waals surface area contributed by atoms with Gasteiger partial charge < -0.3 is 19.3 Å². The highest BCUT2D eigenvalue weighted by atomic mass is 16.6. The molecule has 1 N–H and O–H groups in total. The molecule has 0 aromatic heterocycles. The number of aliphatic carboxylic acids is 1. The van der Waals surface area contributed by atoms with Gasteiger partial charge in [-0.3, -0.25) is 9.69 Å². The highest BCUT2D eigenvalue weighted by molar-refractivity contribution is 5.93. The van der Waals surface area contributed by atoms with E-state index in [4.69, 9.17) is 19.3 Å². The van der Waals surface area contributed by atoms with E-state index in [2.05, 4.69) is 0 Å². The van der Waals surface area contributed by atoms with E-state index >= 15 is 0 Å². The molecule has 1 aromatic rings. The lowest BCUT2D eigenvalue weighted by Gasteiger charge is -2.26. The number of benzene rings is 1. The number of amides is 1. The Labute approximate surface area is 159 Å². The summed E-state index contributed by atoms with van der Waals surface area (Å²) in [6.07, 6.45) is -0.771. The molecule has 0 radical (unpaired) electrons. The van der Waals surface area contributed by atoms with Crippen LogP contribution in [-0.4, -0.2) is 47.5 Å². The van der Waals surface area contributed by atoms with Gasteiger partial charge in [0.25, 0.3) is 0 Å². The Kier molecular flexibility index (Phi) is 7.21. The van der Waals surface area contributed by atoms with E-state index in [0.717, 1.165) is 4.90 Å². The number of hydrogen-bond donors (Lipinski definition) is 1. The Morgan fingerprint density at radius 1 is 0.926 bits per heavy atom. The molecule has 0 aliphatic heterocycles. The lowest BCUT2D eigenvalue weighted by molar-refractivity contribution is -0.157. The molecule has 8 heteroatoms. The fourth-order valence-corrected chi connectivity index (χ4v) is 1.95. The van der Waals surface area contributed by atoms with Crippen LogP contribution in [0.15, 0.2) is 24.3 Å². The molecule has 0 spiro atoms. The van der Waals surface area contributed by atoms with Gasteiger partial charge in [0, 0.05) is 5.69 Å². The molecular weight excluding hydrogens is 354 g/mol. The fourth-order valence-electron chi connectivity index (χ4n) is 1.95. The van der Waals surface area contributed by atoms with E-state index in [1.54, 1.807) is 41.5 Å². The van der Waals surface area contributed by atoms with Crippen LogP contribution in [0.25, 0.3) is 0 Å². The summed E-state index contributed by atoms with van der Waals surface area (Å²) in [5.74, 6) is -1.30. The summed E-state index contributed by atoms with van der Waals surface area (Å²) >= 11 is 0. The maximum Gasteiger partial charge on any atom is 0.415 e. The van der Waals surface area contributed by atoms with Crippen LogP contribution in [0, 0.1) is 0 Å². The topological polar surface area (TPSA) is 102 Å². The van der Waals surface area contributed by atoms with Gasteiger partial charge in [0.2, 0.25) is 0 Å². The van der Waals surface area contributed by atoms with Gasteiger partial charge in [-0.15, -0.1) is 0 Å². The molecular formula is C19H27NO7. The summed E-state index contributed by atoms with van der Waals surface area (Å²) in [6, 6.07) is 6.08. The second-order valence-electron chi connectivity index (χ2n) is 7.83. The van der Waals surface area contributed by atoms with Crippen LogP contribution in [0.4, 0.5) is 10.5 Å². The number of nitrogens with zero attached hydrogens (tertiary/aromatic N) is 1. The summed E-state index contributed by atoms with van der Waals surface area (Å²) < 4.78 is 15.7. The fraction of sp³-hybridized carbons (Fsp3) is 0.526. The van der Waals surface area contributed by atoms with E-state index in [-0.39, 0.29) is 6.61 Å². The lowest BCUT2D eigenvalue weighted by Crippen LogP contribution is -2.40. The number of carboxylic acids is 1.